The van der Waals surface area contributed by atoms with Gasteiger partial charge in [-0.25, -0.2) is 4.98 Å². The second-order valence-electron chi connectivity index (χ2n) is 5.52. The topological polar surface area (TPSA) is 33.2 Å². The van der Waals surface area contributed by atoms with Gasteiger partial charge in [-0.1, -0.05) is 41.4 Å². The van der Waals surface area contributed by atoms with Crippen LogP contribution in [-0.4, -0.2) is 21.8 Å². The van der Waals surface area contributed by atoms with Gasteiger partial charge in [0.2, 0.25) is 0 Å². The molecule has 0 atom stereocenters. The van der Waals surface area contributed by atoms with E-state index in [0.29, 0.717) is 23.3 Å². The first-order valence-electron chi connectivity index (χ1n) is 7.11. The number of benzene rings is 1. The maximum atomic E-state index is 12.7. The zero-order chi connectivity index (χ0) is 14.8. The molecule has 1 heterocycles. The van der Waals surface area contributed by atoms with Crippen LogP contribution in [0.2, 0.25) is 5.15 Å². The molecule has 0 radical (unpaired) electrons. The molecule has 1 aromatic carbocycles. The van der Waals surface area contributed by atoms with E-state index in [1.807, 2.05) is 11.0 Å². The van der Waals surface area contributed by atoms with E-state index >= 15 is 0 Å². The molecule has 1 saturated carbocycles. The van der Waals surface area contributed by atoms with Gasteiger partial charge in [0.25, 0.3) is 5.91 Å². The summed E-state index contributed by atoms with van der Waals surface area (Å²) in [6.07, 6.45) is 3.74. The van der Waals surface area contributed by atoms with Crippen LogP contribution in [0.25, 0.3) is 0 Å². The number of pyridine rings is 1. The van der Waals surface area contributed by atoms with Crippen molar-refractivity contribution in [3.63, 3.8) is 0 Å². The third kappa shape index (κ3) is 3.42. The maximum Gasteiger partial charge on any atom is 0.254 e. The minimum atomic E-state index is 0.0308. The van der Waals surface area contributed by atoms with Crippen LogP contribution in [0, 0.1) is 6.92 Å². The molecule has 0 unspecified atom stereocenters. The number of carbonyl (C=O) groups is 1. The summed E-state index contributed by atoms with van der Waals surface area (Å²) in [5, 5.41) is 0.354. The Morgan fingerprint density at radius 2 is 2.14 bits per heavy atom. The van der Waals surface area contributed by atoms with Gasteiger partial charge in [-0.05, 0) is 37.5 Å². The summed E-state index contributed by atoms with van der Waals surface area (Å²) >= 11 is 5.89. The molecule has 21 heavy (non-hydrogen) atoms. The van der Waals surface area contributed by atoms with Gasteiger partial charge >= 0.3 is 0 Å². The summed E-state index contributed by atoms with van der Waals surface area (Å²) in [6.45, 7) is 2.71. The molecule has 1 aliphatic rings. The van der Waals surface area contributed by atoms with E-state index in [2.05, 4.69) is 30.1 Å². The third-order valence-corrected chi connectivity index (χ3v) is 3.86. The summed E-state index contributed by atoms with van der Waals surface area (Å²) < 4.78 is 0. The molecule has 108 valence electrons. The van der Waals surface area contributed by atoms with E-state index in [1.165, 1.54) is 5.56 Å². The first kappa shape index (κ1) is 14.1. The zero-order valence-corrected chi connectivity index (χ0v) is 12.7. The van der Waals surface area contributed by atoms with Crippen molar-refractivity contribution in [1.29, 1.82) is 0 Å². The zero-order valence-electron chi connectivity index (χ0n) is 11.9. The van der Waals surface area contributed by atoms with Gasteiger partial charge in [-0.2, -0.15) is 0 Å². The average Bonchev–Trinajstić information content (AvgIpc) is 3.29. The average molecular weight is 301 g/mol. The number of hydrogen-bond acceptors (Lipinski definition) is 2. The number of halogens is 1. The van der Waals surface area contributed by atoms with Crippen LogP contribution in [0.15, 0.2) is 42.6 Å². The third-order valence-electron chi connectivity index (χ3n) is 3.66. The summed E-state index contributed by atoms with van der Waals surface area (Å²) in [5.74, 6) is 0.0308. The van der Waals surface area contributed by atoms with Crippen LogP contribution in [0.3, 0.4) is 0 Å². The Kier molecular flexibility index (Phi) is 3.93. The van der Waals surface area contributed by atoms with Crippen molar-refractivity contribution >= 4 is 17.5 Å². The minimum absolute atomic E-state index is 0.0308. The van der Waals surface area contributed by atoms with Crippen molar-refractivity contribution in [3.8, 4) is 0 Å². The fourth-order valence-electron chi connectivity index (χ4n) is 2.46. The molecule has 0 bridgehead atoms. The van der Waals surface area contributed by atoms with Crippen molar-refractivity contribution in [2.75, 3.05) is 0 Å². The summed E-state index contributed by atoms with van der Waals surface area (Å²) in [4.78, 5) is 18.6. The van der Waals surface area contributed by atoms with Gasteiger partial charge in [0, 0.05) is 24.3 Å². The van der Waals surface area contributed by atoms with Gasteiger partial charge < -0.3 is 4.90 Å². The van der Waals surface area contributed by atoms with Gasteiger partial charge in [-0.3, -0.25) is 4.79 Å². The van der Waals surface area contributed by atoms with Crippen molar-refractivity contribution in [1.82, 2.24) is 9.88 Å². The minimum Gasteiger partial charge on any atom is -0.331 e. The molecule has 3 rings (SSSR count). The van der Waals surface area contributed by atoms with Crippen LogP contribution < -0.4 is 0 Å². The second kappa shape index (κ2) is 5.86. The molecule has 0 aliphatic heterocycles. The fourth-order valence-corrected chi connectivity index (χ4v) is 2.64. The highest BCUT2D eigenvalue weighted by Gasteiger charge is 2.33. The lowest BCUT2D eigenvalue weighted by Crippen LogP contribution is -2.32. The number of aromatic nitrogens is 1. The molecule has 1 aromatic heterocycles. The van der Waals surface area contributed by atoms with Gasteiger partial charge in [-0.15, -0.1) is 0 Å². The Bertz CT molecular complexity index is 667. The maximum absolute atomic E-state index is 12.7. The van der Waals surface area contributed by atoms with E-state index in [9.17, 15) is 4.79 Å². The molecule has 3 nitrogen and oxygen atoms in total. The van der Waals surface area contributed by atoms with Crippen LogP contribution in [0.1, 0.15) is 34.3 Å². The SMILES string of the molecule is Cc1cccc(CN(C(=O)c2ccnc(Cl)c2)C2CC2)c1. The van der Waals surface area contributed by atoms with E-state index in [0.717, 1.165) is 18.4 Å². The van der Waals surface area contributed by atoms with Crippen molar-refractivity contribution < 1.29 is 4.79 Å². The number of carbonyl (C=O) groups excluding carboxylic acids is 1. The molecule has 4 heteroatoms. The summed E-state index contributed by atoms with van der Waals surface area (Å²) in [5.41, 5.74) is 2.98. The van der Waals surface area contributed by atoms with Gasteiger partial charge in [0.1, 0.15) is 5.15 Å². The largest absolute Gasteiger partial charge is 0.331 e. The van der Waals surface area contributed by atoms with E-state index in [4.69, 9.17) is 11.6 Å². The van der Waals surface area contributed by atoms with Crippen LogP contribution >= 0.6 is 11.6 Å². The first-order chi connectivity index (χ1) is 10.1. The number of nitrogens with zero attached hydrogens (tertiary/aromatic N) is 2. The lowest BCUT2D eigenvalue weighted by molar-refractivity contribution is 0.0730. The van der Waals surface area contributed by atoms with Gasteiger partial charge in [0.05, 0.1) is 0 Å². The second-order valence-corrected chi connectivity index (χ2v) is 5.91. The van der Waals surface area contributed by atoms with E-state index in [-0.39, 0.29) is 5.91 Å². The number of hydrogen-bond donors (Lipinski definition) is 0. The molecule has 0 spiro atoms. The van der Waals surface area contributed by atoms with Crippen LogP contribution in [-0.2, 0) is 6.54 Å². The number of amides is 1. The van der Waals surface area contributed by atoms with Gasteiger partial charge in [0.15, 0.2) is 0 Å². The molecule has 1 fully saturated rings. The Morgan fingerprint density at radius 3 is 2.81 bits per heavy atom. The van der Waals surface area contributed by atoms with Crippen molar-refractivity contribution in [2.24, 2.45) is 0 Å². The lowest BCUT2D eigenvalue weighted by Gasteiger charge is -2.23. The monoisotopic (exact) mass is 300 g/mol. The Labute approximate surface area is 129 Å². The Balaban J connectivity index is 1.83. The highest BCUT2D eigenvalue weighted by Crippen LogP contribution is 2.30. The highest BCUT2D eigenvalue weighted by molar-refractivity contribution is 6.29. The molecule has 0 N–H and O–H groups in total. The molecule has 1 amide bonds. The lowest BCUT2D eigenvalue weighted by atomic mass is 10.1. The van der Waals surface area contributed by atoms with Crippen LogP contribution in [0.4, 0.5) is 0 Å². The van der Waals surface area contributed by atoms with Crippen molar-refractivity contribution in [2.45, 2.75) is 32.4 Å². The number of rotatable bonds is 4. The molecular weight excluding hydrogens is 284 g/mol. The fraction of sp³-hybridized carbons (Fsp3) is 0.294. The molecule has 0 saturated heterocycles. The number of aryl methyl sites for hydroxylation is 1. The summed E-state index contributed by atoms with van der Waals surface area (Å²) in [6, 6.07) is 12.0. The summed E-state index contributed by atoms with van der Waals surface area (Å²) in [7, 11) is 0. The van der Waals surface area contributed by atoms with Crippen molar-refractivity contribution in [3.05, 3.63) is 64.4 Å². The highest BCUT2D eigenvalue weighted by atomic mass is 35.5. The molecular formula is C17H17ClN2O. The first-order valence-corrected chi connectivity index (χ1v) is 7.49. The van der Waals surface area contributed by atoms with Crippen LogP contribution in [0.5, 0.6) is 0 Å². The molecule has 2 aromatic rings. The standard InChI is InChI=1S/C17H17ClN2O/c1-12-3-2-4-13(9-12)11-20(15-5-6-15)17(21)14-7-8-19-16(18)10-14/h2-4,7-10,15H,5-6,11H2,1H3. The smallest absolute Gasteiger partial charge is 0.254 e. The van der Waals surface area contributed by atoms with E-state index < -0.39 is 0 Å². The van der Waals surface area contributed by atoms with E-state index in [1.54, 1.807) is 18.3 Å². The molecule has 1 aliphatic carbocycles. The Morgan fingerprint density at radius 1 is 1.33 bits per heavy atom. The normalized spacial score (nSPS) is 14.0. The quantitative estimate of drug-likeness (QED) is 0.804. The predicted molar refractivity (Wildman–Crippen MR) is 83.3 cm³/mol. The Hall–Kier alpha value is -1.87. The predicted octanol–water partition coefficient (Wildman–Crippen LogP) is 3.85.